The first kappa shape index (κ1) is 9.36. The number of fused-ring (bicyclic) bond motifs is 1. The molecule has 4 heteroatoms. The van der Waals surface area contributed by atoms with Crippen LogP contribution in [0, 0.1) is 0 Å². The van der Waals surface area contributed by atoms with E-state index in [4.69, 9.17) is 0 Å². The van der Waals surface area contributed by atoms with Crippen molar-refractivity contribution in [2.24, 2.45) is 0 Å². The quantitative estimate of drug-likeness (QED) is 0.724. The van der Waals surface area contributed by atoms with Crippen molar-refractivity contribution in [3.8, 4) is 0 Å². The van der Waals surface area contributed by atoms with Crippen molar-refractivity contribution in [1.29, 1.82) is 0 Å². The van der Waals surface area contributed by atoms with Crippen LogP contribution >= 0.6 is 0 Å². The molecular formula is C11H18N4. The first-order valence-electron chi connectivity index (χ1n) is 5.89. The van der Waals surface area contributed by atoms with Crippen LogP contribution in [0.5, 0.6) is 0 Å². The topological polar surface area (TPSA) is 33.1 Å². The Morgan fingerprint density at radius 3 is 3.27 bits per heavy atom. The predicted octanol–water partition coefficient (Wildman–Crippen LogP) is 0.451. The van der Waals surface area contributed by atoms with Crippen molar-refractivity contribution in [2.75, 3.05) is 19.6 Å². The van der Waals surface area contributed by atoms with Gasteiger partial charge in [-0.05, 0) is 25.5 Å². The number of hydrogen-bond donors (Lipinski definition) is 1. The van der Waals surface area contributed by atoms with Crippen molar-refractivity contribution in [1.82, 2.24) is 20.0 Å². The van der Waals surface area contributed by atoms with Crippen LogP contribution in [-0.2, 0) is 13.1 Å². The van der Waals surface area contributed by atoms with E-state index in [9.17, 15) is 0 Å². The van der Waals surface area contributed by atoms with Crippen LogP contribution in [0.25, 0.3) is 0 Å². The van der Waals surface area contributed by atoms with Crippen molar-refractivity contribution >= 4 is 0 Å². The van der Waals surface area contributed by atoms with E-state index in [1.54, 1.807) is 0 Å². The maximum absolute atomic E-state index is 4.31. The van der Waals surface area contributed by atoms with Gasteiger partial charge in [-0.2, -0.15) is 5.10 Å². The fourth-order valence-electron chi connectivity index (χ4n) is 2.66. The summed E-state index contributed by atoms with van der Waals surface area (Å²) in [6.07, 6.45) is 4.58. The largest absolute Gasteiger partial charge is 0.315 e. The number of rotatable bonds is 1. The van der Waals surface area contributed by atoms with Gasteiger partial charge in [-0.25, -0.2) is 0 Å². The standard InChI is InChI=1S/C11H18N4/c1-2-10(8-12-4-1)14-6-7-15-11(9-14)3-5-13-15/h3,5,10,12H,1-2,4,6-9H2/t10-/m1/s1. The highest BCUT2D eigenvalue weighted by molar-refractivity contribution is 5.03. The van der Waals surface area contributed by atoms with Gasteiger partial charge >= 0.3 is 0 Å². The zero-order chi connectivity index (χ0) is 10.1. The average Bonchev–Trinajstić information content (AvgIpc) is 2.77. The van der Waals surface area contributed by atoms with Crippen molar-refractivity contribution in [2.45, 2.75) is 32.0 Å². The number of nitrogens with zero attached hydrogens (tertiary/aromatic N) is 3. The third-order valence-electron chi connectivity index (χ3n) is 3.56. The third-order valence-corrected chi connectivity index (χ3v) is 3.56. The Hall–Kier alpha value is -0.870. The van der Waals surface area contributed by atoms with Gasteiger partial charge in [0, 0.05) is 31.9 Å². The molecule has 2 aliphatic rings. The summed E-state index contributed by atoms with van der Waals surface area (Å²) in [7, 11) is 0. The van der Waals surface area contributed by atoms with Crippen LogP contribution < -0.4 is 5.32 Å². The summed E-state index contributed by atoms with van der Waals surface area (Å²) in [5.74, 6) is 0. The lowest BCUT2D eigenvalue weighted by Crippen LogP contribution is -2.48. The Bertz CT molecular complexity index is 327. The normalized spacial score (nSPS) is 27.6. The monoisotopic (exact) mass is 206 g/mol. The van der Waals surface area contributed by atoms with Gasteiger partial charge in [-0.1, -0.05) is 0 Å². The molecule has 15 heavy (non-hydrogen) atoms. The first-order chi connectivity index (χ1) is 7.43. The molecule has 1 fully saturated rings. The molecule has 0 saturated carbocycles. The summed E-state index contributed by atoms with van der Waals surface area (Å²) in [4.78, 5) is 2.60. The van der Waals surface area contributed by atoms with Crippen LogP contribution in [0.4, 0.5) is 0 Å². The minimum Gasteiger partial charge on any atom is -0.315 e. The van der Waals surface area contributed by atoms with E-state index in [2.05, 4.69) is 26.1 Å². The van der Waals surface area contributed by atoms with E-state index >= 15 is 0 Å². The molecule has 82 valence electrons. The van der Waals surface area contributed by atoms with Crippen molar-refractivity contribution in [3.05, 3.63) is 18.0 Å². The van der Waals surface area contributed by atoms with Gasteiger partial charge in [0.2, 0.25) is 0 Å². The zero-order valence-electron chi connectivity index (χ0n) is 9.02. The van der Waals surface area contributed by atoms with E-state index in [0.717, 1.165) is 32.2 Å². The van der Waals surface area contributed by atoms with E-state index < -0.39 is 0 Å². The van der Waals surface area contributed by atoms with Crippen LogP contribution in [0.15, 0.2) is 12.3 Å². The molecule has 0 bridgehead atoms. The zero-order valence-corrected chi connectivity index (χ0v) is 9.02. The number of hydrogen-bond acceptors (Lipinski definition) is 3. The lowest BCUT2D eigenvalue weighted by atomic mass is 10.0. The minimum absolute atomic E-state index is 0.738. The van der Waals surface area contributed by atoms with E-state index in [1.165, 1.54) is 25.1 Å². The number of piperidine rings is 1. The van der Waals surface area contributed by atoms with E-state index in [-0.39, 0.29) is 0 Å². The fourth-order valence-corrected chi connectivity index (χ4v) is 2.66. The SMILES string of the molecule is c1cc2n(n1)CCN([C@@H]1CCCNC1)C2. The smallest absolute Gasteiger partial charge is 0.0540 e. The molecule has 0 aliphatic carbocycles. The van der Waals surface area contributed by atoms with Crippen LogP contribution in [0.1, 0.15) is 18.5 Å². The predicted molar refractivity (Wildman–Crippen MR) is 58.5 cm³/mol. The molecule has 0 radical (unpaired) electrons. The third kappa shape index (κ3) is 1.79. The molecule has 1 atom stereocenters. The second-order valence-corrected chi connectivity index (χ2v) is 4.52. The highest BCUT2D eigenvalue weighted by Gasteiger charge is 2.24. The molecule has 1 N–H and O–H groups in total. The van der Waals surface area contributed by atoms with E-state index in [1.807, 2.05) is 6.20 Å². The Kier molecular flexibility index (Phi) is 2.46. The molecule has 3 heterocycles. The highest BCUT2D eigenvalue weighted by Crippen LogP contribution is 2.17. The second kappa shape index (κ2) is 3.94. The maximum Gasteiger partial charge on any atom is 0.0540 e. The maximum atomic E-state index is 4.31. The van der Waals surface area contributed by atoms with Crippen molar-refractivity contribution < 1.29 is 0 Å². The minimum atomic E-state index is 0.738. The summed E-state index contributed by atoms with van der Waals surface area (Å²) in [5.41, 5.74) is 1.37. The molecule has 1 aromatic rings. The van der Waals surface area contributed by atoms with Crippen LogP contribution in [0.2, 0.25) is 0 Å². The highest BCUT2D eigenvalue weighted by atomic mass is 15.3. The molecule has 4 nitrogen and oxygen atoms in total. The molecule has 1 saturated heterocycles. The lowest BCUT2D eigenvalue weighted by Gasteiger charge is -2.37. The van der Waals surface area contributed by atoms with E-state index in [0.29, 0.717) is 0 Å². The Labute approximate surface area is 90.3 Å². The summed E-state index contributed by atoms with van der Waals surface area (Å²) >= 11 is 0. The van der Waals surface area contributed by atoms with Gasteiger partial charge in [0.25, 0.3) is 0 Å². The summed E-state index contributed by atoms with van der Waals surface area (Å²) in [6.45, 7) is 5.64. The number of aromatic nitrogens is 2. The summed E-state index contributed by atoms with van der Waals surface area (Å²) in [5, 5.41) is 7.80. The Morgan fingerprint density at radius 1 is 1.40 bits per heavy atom. The molecule has 0 aromatic carbocycles. The van der Waals surface area contributed by atoms with Gasteiger partial charge in [-0.15, -0.1) is 0 Å². The average molecular weight is 206 g/mol. The number of nitrogens with one attached hydrogen (secondary N) is 1. The summed E-state index contributed by atoms with van der Waals surface area (Å²) in [6, 6.07) is 2.88. The van der Waals surface area contributed by atoms with Crippen LogP contribution in [0.3, 0.4) is 0 Å². The molecule has 1 aromatic heterocycles. The van der Waals surface area contributed by atoms with Gasteiger partial charge in [0.15, 0.2) is 0 Å². The van der Waals surface area contributed by atoms with Gasteiger partial charge in [0.1, 0.15) is 0 Å². The van der Waals surface area contributed by atoms with Crippen LogP contribution in [-0.4, -0.2) is 40.4 Å². The molecule has 3 rings (SSSR count). The molecular weight excluding hydrogens is 188 g/mol. The molecule has 0 amide bonds. The Morgan fingerprint density at radius 2 is 2.40 bits per heavy atom. The molecule has 0 spiro atoms. The fraction of sp³-hybridized carbons (Fsp3) is 0.727. The van der Waals surface area contributed by atoms with Gasteiger partial charge in [-0.3, -0.25) is 9.58 Å². The first-order valence-corrected chi connectivity index (χ1v) is 5.89. The second-order valence-electron chi connectivity index (χ2n) is 4.52. The van der Waals surface area contributed by atoms with Gasteiger partial charge < -0.3 is 5.32 Å². The molecule has 0 unspecified atom stereocenters. The molecule has 2 aliphatic heterocycles. The van der Waals surface area contributed by atoms with Gasteiger partial charge in [0.05, 0.1) is 12.2 Å². The van der Waals surface area contributed by atoms with Crippen molar-refractivity contribution in [3.63, 3.8) is 0 Å². The lowest BCUT2D eigenvalue weighted by molar-refractivity contribution is 0.128. The summed E-state index contributed by atoms with van der Waals surface area (Å²) < 4.78 is 2.13. The Balaban J connectivity index is 1.69.